The van der Waals surface area contributed by atoms with Gasteiger partial charge in [0.25, 0.3) is 0 Å². The SMILES string of the molecule is CCC1OC(c2cccc(C(F)(F)F)c2)N=C1Nc1ccc(C#N)cc1. The van der Waals surface area contributed by atoms with Gasteiger partial charge in [-0.1, -0.05) is 19.1 Å². The van der Waals surface area contributed by atoms with Crippen molar-refractivity contribution in [1.29, 1.82) is 5.26 Å². The van der Waals surface area contributed by atoms with Gasteiger partial charge in [-0.05, 0) is 42.8 Å². The predicted molar refractivity (Wildman–Crippen MR) is 91.6 cm³/mol. The zero-order valence-electron chi connectivity index (χ0n) is 13.9. The van der Waals surface area contributed by atoms with Crippen molar-refractivity contribution < 1.29 is 17.9 Å². The summed E-state index contributed by atoms with van der Waals surface area (Å²) < 4.78 is 44.5. The van der Waals surface area contributed by atoms with Gasteiger partial charge in [-0.15, -0.1) is 0 Å². The topological polar surface area (TPSA) is 57.4 Å². The first-order valence-corrected chi connectivity index (χ1v) is 8.08. The maximum absolute atomic E-state index is 12.9. The van der Waals surface area contributed by atoms with Crippen molar-refractivity contribution in [2.24, 2.45) is 4.99 Å². The highest BCUT2D eigenvalue weighted by Crippen LogP contribution is 2.34. The Morgan fingerprint density at radius 3 is 2.54 bits per heavy atom. The van der Waals surface area contributed by atoms with Crippen molar-refractivity contribution in [3.63, 3.8) is 0 Å². The Hall–Kier alpha value is -2.85. The second-order valence-electron chi connectivity index (χ2n) is 5.84. The summed E-state index contributed by atoms with van der Waals surface area (Å²) in [5.74, 6) is 0.555. The van der Waals surface area contributed by atoms with Gasteiger partial charge in [0.05, 0.1) is 17.2 Å². The van der Waals surface area contributed by atoms with Crippen LogP contribution in [-0.4, -0.2) is 11.9 Å². The van der Waals surface area contributed by atoms with Gasteiger partial charge in [-0.2, -0.15) is 18.4 Å². The van der Waals surface area contributed by atoms with Crippen LogP contribution in [-0.2, 0) is 10.9 Å². The quantitative estimate of drug-likeness (QED) is 0.848. The lowest BCUT2D eigenvalue weighted by Gasteiger charge is -2.14. The molecule has 1 heterocycles. The fourth-order valence-corrected chi connectivity index (χ4v) is 2.66. The minimum atomic E-state index is -4.41. The van der Waals surface area contributed by atoms with Crippen LogP contribution < -0.4 is 5.32 Å². The summed E-state index contributed by atoms with van der Waals surface area (Å²) >= 11 is 0. The molecular formula is C19H16F3N3O. The lowest BCUT2D eigenvalue weighted by Crippen LogP contribution is -2.25. The number of halogens is 3. The first kappa shape index (κ1) is 18.0. The van der Waals surface area contributed by atoms with E-state index >= 15 is 0 Å². The minimum absolute atomic E-state index is 0.342. The Morgan fingerprint density at radius 2 is 1.92 bits per heavy atom. The summed E-state index contributed by atoms with van der Waals surface area (Å²) in [6, 6.07) is 13.9. The number of nitriles is 1. The number of nitrogens with one attached hydrogen (secondary N) is 1. The molecule has 134 valence electrons. The fraction of sp³-hybridized carbons (Fsp3) is 0.263. The van der Waals surface area contributed by atoms with E-state index < -0.39 is 18.0 Å². The Bertz CT molecular complexity index is 854. The molecule has 0 radical (unpaired) electrons. The first-order valence-electron chi connectivity index (χ1n) is 8.08. The number of alkyl halides is 3. The highest BCUT2D eigenvalue weighted by molar-refractivity contribution is 5.99. The zero-order valence-corrected chi connectivity index (χ0v) is 13.9. The Balaban J connectivity index is 1.83. The maximum Gasteiger partial charge on any atom is 0.416 e. The summed E-state index contributed by atoms with van der Waals surface area (Å²) in [7, 11) is 0. The molecule has 0 fully saturated rings. The second kappa shape index (κ2) is 7.18. The van der Waals surface area contributed by atoms with Gasteiger partial charge < -0.3 is 10.1 Å². The monoisotopic (exact) mass is 359 g/mol. The van der Waals surface area contributed by atoms with Gasteiger partial charge in [0.15, 0.2) is 6.23 Å². The molecule has 3 rings (SSSR count). The summed E-state index contributed by atoms with van der Waals surface area (Å²) in [6.45, 7) is 1.91. The Labute approximate surface area is 148 Å². The van der Waals surface area contributed by atoms with Crippen LogP contribution in [0.3, 0.4) is 0 Å². The molecule has 0 aliphatic carbocycles. The van der Waals surface area contributed by atoms with Gasteiger partial charge >= 0.3 is 6.18 Å². The van der Waals surface area contributed by atoms with Gasteiger partial charge in [-0.3, -0.25) is 0 Å². The number of nitrogens with zero attached hydrogens (tertiary/aromatic N) is 2. The van der Waals surface area contributed by atoms with E-state index in [2.05, 4.69) is 10.3 Å². The van der Waals surface area contributed by atoms with Gasteiger partial charge in [0.1, 0.15) is 11.9 Å². The zero-order chi connectivity index (χ0) is 18.7. The van der Waals surface area contributed by atoms with Crippen LogP contribution in [0.25, 0.3) is 0 Å². The van der Waals surface area contributed by atoms with Crippen molar-refractivity contribution in [3.05, 3.63) is 65.2 Å². The molecule has 2 aromatic carbocycles. The summed E-state index contributed by atoms with van der Waals surface area (Å²) in [5, 5.41) is 12.0. The summed E-state index contributed by atoms with van der Waals surface area (Å²) in [5.41, 5.74) is 0.897. The van der Waals surface area contributed by atoms with Crippen LogP contribution >= 0.6 is 0 Å². The van der Waals surface area contributed by atoms with E-state index in [0.717, 1.165) is 17.8 Å². The predicted octanol–water partition coefficient (Wildman–Crippen LogP) is 4.90. The first-order chi connectivity index (χ1) is 12.4. The molecule has 1 aliphatic rings. The third-order valence-electron chi connectivity index (χ3n) is 4.01. The molecule has 26 heavy (non-hydrogen) atoms. The molecule has 0 amide bonds. The second-order valence-corrected chi connectivity index (χ2v) is 5.84. The molecular weight excluding hydrogens is 343 g/mol. The summed E-state index contributed by atoms with van der Waals surface area (Å²) in [4.78, 5) is 4.42. The molecule has 0 saturated heterocycles. The minimum Gasteiger partial charge on any atom is -0.342 e. The number of amidine groups is 1. The molecule has 4 nitrogen and oxygen atoms in total. The third-order valence-corrected chi connectivity index (χ3v) is 4.01. The molecule has 2 atom stereocenters. The highest BCUT2D eigenvalue weighted by Gasteiger charge is 2.33. The van der Waals surface area contributed by atoms with E-state index in [1.54, 1.807) is 30.3 Å². The van der Waals surface area contributed by atoms with E-state index in [0.29, 0.717) is 23.4 Å². The van der Waals surface area contributed by atoms with E-state index in [1.165, 1.54) is 6.07 Å². The van der Waals surface area contributed by atoms with Gasteiger partial charge in [0.2, 0.25) is 0 Å². The van der Waals surface area contributed by atoms with Crippen LogP contribution in [0.2, 0.25) is 0 Å². The van der Waals surface area contributed by atoms with E-state index in [9.17, 15) is 13.2 Å². The number of ether oxygens (including phenoxy) is 1. The molecule has 0 bridgehead atoms. The molecule has 1 N–H and O–H groups in total. The van der Waals surface area contributed by atoms with Crippen LogP contribution in [0, 0.1) is 11.3 Å². The van der Waals surface area contributed by atoms with Crippen molar-refractivity contribution >= 4 is 11.5 Å². The Morgan fingerprint density at radius 1 is 1.19 bits per heavy atom. The normalized spacial score (nSPS) is 19.7. The standard InChI is InChI=1S/C19H16F3N3O/c1-2-16-17(24-15-8-6-12(11-23)7-9-15)25-18(26-16)13-4-3-5-14(10-13)19(20,21)22/h3-10,16,18H,2H2,1H3,(H,24,25). The number of hydrogen-bond donors (Lipinski definition) is 1. The van der Waals surface area contributed by atoms with Crippen molar-refractivity contribution in [2.75, 3.05) is 5.32 Å². The van der Waals surface area contributed by atoms with Crippen LogP contribution in [0.5, 0.6) is 0 Å². The average molecular weight is 359 g/mol. The maximum atomic E-state index is 12.9. The van der Waals surface area contributed by atoms with Crippen molar-refractivity contribution in [3.8, 4) is 6.07 Å². The molecule has 7 heteroatoms. The fourth-order valence-electron chi connectivity index (χ4n) is 2.66. The summed E-state index contributed by atoms with van der Waals surface area (Å²) in [6.07, 6.45) is -4.92. The van der Waals surface area contributed by atoms with E-state index in [-0.39, 0.29) is 6.10 Å². The van der Waals surface area contributed by atoms with E-state index in [4.69, 9.17) is 10.00 Å². The molecule has 2 aromatic rings. The van der Waals surface area contributed by atoms with Crippen LogP contribution in [0.1, 0.15) is 36.3 Å². The van der Waals surface area contributed by atoms with Crippen molar-refractivity contribution in [2.45, 2.75) is 31.9 Å². The largest absolute Gasteiger partial charge is 0.416 e. The molecule has 1 aliphatic heterocycles. The molecule has 0 spiro atoms. The van der Waals surface area contributed by atoms with Crippen molar-refractivity contribution in [1.82, 2.24) is 0 Å². The average Bonchev–Trinajstić information content (AvgIpc) is 3.05. The number of rotatable bonds is 3. The molecule has 0 saturated carbocycles. The van der Waals surface area contributed by atoms with Gasteiger partial charge in [0, 0.05) is 11.3 Å². The van der Waals surface area contributed by atoms with Crippen LogP contribution in [0.4, 0.5) is 18.9 Å². The number of anilines is 1. The number of benzene rings is 2. The third kappa shape index (κ3) is 3.86. The smallest absolute Gasteiger partial charge is 0.342 e. The van der Waals surface area contributed by atoms with Crippen LogP contribution in [0.15, 0.2) is 53.5 Å². The molecule has 0 aromatic heterocycles. The highest BCUT2D eigenvalue weighted by atomic mass is 19.4. The number of hydrogen-bond acceptors (Lipinski definition) is 4. The van der Waals surface area contributed by atoms with E-state index in [1.807, 2.05) is 13.0 Å². The lowest BCUT2D eigenvalue weighted by molar-refractivity contribution is -0.137. The van der Waals surface area contributed by atoms with Gasteiger partial charge in [-0.25, -0.2) is 4.99 Å². The molecule has 2 unspecified atom stereocenters. The lowest BCUT2D eigenvalue weighted by atomic mass is 10.1. The number of aliphatic imine (C=N–C) groups is 1. The Kier molecular flexibility index (Phi) is 4.96.